The molecule has 1 heterocycles. The van der Waals surface area contributed by atoms with Crippen molar-refractivity contribution in [3.05, 3.63) is 16.0 Å². The maximum atomic E-state index is 11.9. The van der Waals surface area contributed by atoms with Gasteiger partial charge in [0.2, 0.25) is 0 Å². The number of nitrogen functional groups attached to an aromatic ring is 1. The normalized spacial score (nSPS) is 11.3. The molecule has 0 aliphatic heterocycles. The summed E-state index contributed by atoms with van der Waals surface area (Å²) in [5, 5.41) is 0. The molecule has 0 fully saturated rings. The molecule has 0 saturated carbocycles. The number of nitrogens with zero attached hydrogens (tertiary/aromatic N) is 2. The minimum absolute atomic E-state index is 0.0356. The molecule has 4 heteroatoms. The molecule has 0 bridgehead atoms. The largest absolute Gasteiger partial charge is 0.393 e. The van der Waals surface area contributed by atoms with Crippen LogP contribution in [0.15, 0.2) is 4.79 Å². The first-order valence-corrected chi connectivity index (χ1v) is 6.10. The molecule has 0 atom stereocenters. The molecular formula is C12H23N3O. The number of nitrogens with two attached hydrogens (primary N) is 1. The van der Waals surface area contributed by atoms with Crippen molar-refractivity contribution in [2.24, 2.45) is 5.92 Å². The van der Waals surface area contributed by atoms with Crippen LogP contribution < -0.4 is 11.3 Å². The lowest BCUT2D eigenvalue weighted by Gasteiger charge is -2.14. The standard InChI is InChI=1S/C12H23N3O/c1-5-7-15-10(8-9(3)4)11(13)12(16)14(15)6-2/h9H,5-8,13H2,1-4H3. The van der Waals surface area contributed by atoms with Crippen molar-refractivity contribution in [3.63, 3.8) is 0 Å². The van der Waals surface area contributed by atoms with Gasteiger partial charge in [0.1, 0.15) is 5.69 Å². The summed E-state index contributed by atoms with van der Waals surface area (Å²) >= 11 is 0. The molecule has 0 saturated heterocycles. The van der Waals surface area contributed by atoms with Gasteiger partial charge in [-0.25, -0.2) is 4.68 Å². The Hall–Kier alpha value is -1.19. The smallest absolute Gasteiger partial charge is 0.290 e. The fourth-order valence-corrected chi connectivity index (χ4v) is 2.04. The monoisotopic (exact) mass is 225 g/mol. The Morgan fingerprint density at radius 2 is 1.88 bits per heavy atom. The van der Waals surface area contributed by atoms with Crippen molar-refractivity contribution < 1.29 is 0 Å². The lowest BCUT2D eigenvalue weighted by atomic mass is 10.1. The molecule has 2 N–H and O–H groups in total. The second-order valence-corrected chi connectivity index (χ2v) is 4.60. The molecule has 0 aliphatic carbocycles. The van der Waals surface area contributed by atoms with Crippen LogP contribution in [0.3, 0.4) is 0 Å². The van der Waals surface area contributed by atoms with E-state index in [1.54, 1.807) is 4.68 Å². The van der Waals surface area contributed by atoms with Crippen molar-refractivity contribution in [2.75, 3.05) is 5.73 Å². The van der Waals surface area contributed by atoms with Crippen LogP contribution in [0.2, 0.25) is 0 Å². The fraction of sp³-hybridized carbons (Fsp3) is 0.750. The number of aromatic nitrogens is 2. The van der Waals surface area contributed by atoms with Crippen LogP contribution in [0.5, 0.6) is 0 Å². The van der Waals surface area contributed by atoms with Gasteiger partial charge in [0.05, 0.1) is 5.69 Å². The van der Waals surface area contributed by atoms with Gasteiger partial charge < -0.3 is 5.73 Å². The van der Waals surface area contributed by atoms with Crippen molar-refractivity contribution >= 4 is 5.69 Å². The molecule has 0 amide bonds. The Labute approximate surface area is 97.0 Å². The summed E-state index contributed by atoms with van der Waals surface area (Å²) in [5.41, 5.74) is 7.31. The molecule has 16 heavy (non-hydrogen) atoms. The molecule has 1 rings (SSSR count). The van der Waals surface area contributed by atoms with E-state index in [4.69, 9.17) is 5.73 Å². The third-order valence-electron chi connectivity index (χ3n) is 2.72. The zero-order valence-corrected chi connectivity index (χ0v) is 10.8. The molecule has 92 valence electrons. The summed E-state index contributed by atoms with van der Waals surface area (Å²) in [7, 11) is 0. The van der Waals surface area contributed by atoms with E-state index in [-0.39, 0.29) is 5.56 Å². The predicted molar refractivity (Wildman–Crippen MR) is 67.6 cm³/mol. The Morgan fingerprint density at radius 3 is 2.31 bits per heavy atom. The molecule has 1 aromatic heterocycles. The van der Waals surface area contributed by atoms with Crippen molar-refractivity contribution in [2.45, 2.75) is 53.6 Å². The average molecular weight is 225 g/mol. The topological polar surface area (TPSA) is 52.9 Å². The van der Waals surface area contributed by atoms with Gasteiger partial charge in [-0.15, -0.1) is 0 Å². The third-order valence-corrected chi connectivity index (χ3v) is 2.72. The van der Waals surface area contributed by atoms with E-state index in [1.165, 1.54) is 0 Å². The van der Waals surface area contributed by atoms with Crippen LogP contribution in [0.1, 0.15) is 39.8 Å². The molecule has 4 nitrogen and oxygen atoms in total. The van der Waals surface area contributed by atoms with Crippen molar-refractivity contribution in [1.29, 1.82) is 0 Å². The second-order valence-electron chi connectivity index (χ2n) is 4.60. The van der Waals surface area contributed by atoms with E-state index < -0.39 is 0 Å². The SMILES string of the molecule is CCCn1c(CC(C)C)c(N)c(=O)n1CC. The van der Waals surface area contributed by atoms with E-state index >= 15 is 0 Å². The van der Waals surface area contributed by atoms with Gasteiger partial charge in [-0.1, -0.05) is 20.8 Å². The Morgan fingerprint density at radius 1 is 1.25 bits per heavy atom. The first-order chi connectivity index (χ1) is 7.52. The summed E-state index contributed by atoms with van der Waals surface area (Å²) < 4.78 is 3.80. The summed E-state index contributed by atoms with van der Waals surface area (Å²) in [6.45, 7) is 9.92. The molecule has 0 aromatic carbocycles. The van der Waals surface area contributed by atoms with Crippen LogP contribution in [0.25, 0.3) is 0 Å². The quantitative estimate of drug-likeness (QED) is 0.831. The van der Waals surface area contributed by atoms with Crippen LogP contribution >= 0.6 is 0 Å². The van der Waals surface area contributed by atoms with Crippen LogP contribution in [-0.2, 0) is 19.5 Å². The van der Waals surface area contributed by atoms with E-state index in [0.29, 0.717) is 18.2 Å². The molecule has 0 spiro atoms. The van der Waals surface area contributed by atoms with Gasteiger partial charge in [0, 0.05) is 13.1 Å². The van der Waals surface area contributed by atoms with Gasteiger partial charge in [0.15, 0.2) is 0 Å². The second kappa shape index (κ2) is 5.23. The van der Waals surface area contributed by atoms with Gasteiger partial charge in [-0.05, 0) is 25.7 Å². The summed E-state index contributed by atoms with van der Waals surface area (Å²) in [6.07, 6.45) is 1.88. The molecule has 0 unspecified atom stereocenters. The van der Waals surface area contributed by atoms with Gasteiger partial charge in [-0.3, -0.25) is 9.48 Å². The average Bonchev–Trinajstić information content (AvgIpc) is 2.43. The highest BCUT2D eigenvalue weighted by Gasteiger charge is 2.16. The molecule has 1 aromatic rings. The van der Waals surface area contributed by atoms with E-state index in [9.17, 15) is 4.79 Å². The van der Waals surface area contributed by atoms with Gasteiger partial charge >= 0.3 is 0 Å². The summed E-state index contributed by atoms with van der Waals surface area (Å²) in [5.74, 6) is 0.512. The van der Waals surface area contributed by atoms with E-state index in [0.717, 1.165) is 25.1 Å². The zero-order valence-electron chi connectivity index (χ0n) is 10.8. The van der Waals surface area contributed by atoms with E-state index in [2.05, 4.69) is 25.5 Å². The zero-order chi connectivity index (χ0) is 12.3. The van der Waals surface area contributed by atoms with Crippen LogP contribution in [0, 0.1) is 5.92 Å². The molecule has 0 radical (unpaired) electrons. The predicted octanol–water partition coefficient (Wildman–Crippen LogP) is 1.86. The van der Waals surface area contributed by atoms with Gasteiger partial charge in [-0.2, -0.15) is 0 Å². The highest BCUT2D eigenvalue weighted by Crippen LogP contribution is 2.14. The number of rotatable bonds is 5. The highest BCUT2D eigenvalue weighted by molar-refractivity contribution is 5.41. The Bertz CT molecular complexity index is 401. The summed E-state index contributed by atoms with van der Waals surface area (Å²) in [6, 6.07) is 0. The van der Waals surface area contributed by atoms with Crippen LogP contribution in [-0.4, -0.2) is 9.36 Å². The molecular weight excluding hydrogens is 202 g/mol. The maximum absolute atomic E-state index is 11.9. The lowest BCUT2D eigenvalue weighted by Crippen LogP contribution is -2.23. The number of anilines is 1. The first-order valence-electron chi connectivity index (χ1n) is 6.10. The number of hydrogen-bond donors (Lipinski definition) is 1. The number of hydrogen-bond acceptors (Lipinski definition) is 2. The Kier molecular flexibility index (Phi) is 4.21. The van der Waals surface area contributed by atoms with E-state index in [1.807, 2.05) is 6.92 Å². The van der Waals surface area contributed by atoms with Crippen LogP contribution in [0.4, 0.5) is 5.69 Å². The molecule has 0 aliphatic rings. The fourth-order valence-electron chi connectivity index (χ4n) is 2.04. The maximum Gasteiger partial charge on any atom is 0.290 e. The minimum atomic E-state index is -0.0356. The lowest BCUT2D eigenvalue weighted by molar-refractivity contribution is 0.431. The van der Waals surface area contributed by atoms with Crippen molar-refractivity contribution in [1.82, 2.24) is 9.36 Å². The third kappa shape index (κ3) is 2.31. The Balaban J connectivity index is 3.27. The first kappa shape index (κ1) is 12.9. The highest BCUT2D eigenvalue weighted by atomic mass is 16.1. The summed E-state index contributed by atoms with van der Waals surface area (Å²) in [4.78, 5) is 11.9. The minimum Gasteiger partial charge on any atom is -0.393 e. The van der Waals surface area contributed by atoms with Gasteiger partial charge in [0.25, 0.3) is 5.56 Å². The van der Waals surface area contributed by atoms with Crippen molar-refractivity contribution in [3.8, 4) is 0 Å².